The van der Waals surface area contributed by atoms with Crippen LogP contribution >= 0.6 is 11.6 Å². The molecule has 3 rings (SSSR count). The summed E-state index contributed by atoms with van der Waals surface area (Å²) in [5, 5.41) is 3.34. The first-order chi connectivity index (χ1) is 18.6. The number of benzene rings is 3. The molecule has 0 fully saturated rings. The standard InChI is InChI=1S/C29H34ClN3O5S/c1-5-21(2)31-29(35)22(3)32(19-23-10-9-11-26(18-23)38-4)28(34)20-33(25-16-14-24(30)15-17-25)39(36,37)27-12-7-6-8-13-27/h6-18,21-22H,5,19-20H2,1-4H3,(H,31,35)/t21-,22+/m1/s1. The van der Waals surface area contributed by atoms with E-state index in [1.165, 1.54) is 17.0 Å². The van der Waals surface area contributed by atoms with E-state index in [2.05, 4.69) is 5.32 Å². The summed E-state index contributed by atoms with van der Waals surface area (Å²) in [7, 11) is -2.58. The summed E-state index contributed by atoms with van der Waals surface area (Å²) in [6, 6.07) is 20.3. The minimum atomic E-state index is -4.13. The minimum absolute atomic E-state index is 0.0367. The molecular weight excluding hydrogens is 538 g/mol. The van der Waals surface area contributed by atoms with Crippen LogP contribution in [-0.2, 0) is 26.2 Å². The zero-order chi connectivity index (χ0) is 28.6. The van der Waals surface area contributed by atoms with Crippen molar-refractivity contribution in [2.45, 2.75) is 50.7 Å². The molecule has 208 valence electrons. The number of nitrogens with one attached hydrogen (secondary N) is 1. The van der Waals surface area contributed by atoms with E-state index in [0.717, 1.165) is 16.3 Å². The summed E-state index contributed by atoms with van der Waals surface area (Å²) in [6.45, 7) is 5.02. The van der Waals surface area contributed by atoms with Gasteiger partial charge in [0.05, 0.1) is 17.7 Å². The van der Waals surface area contributed by atoms with Crippen molar-refractivity contribution < 1.29 is 22.7 Å². The van der Waals surface area contributed by atoms with Gasteiger partial charge in [0.15, 0.2) is 0 Å². The van der Waals surface area contributed by atoms with Crippen LogP contribution in [0.3, 0.4) is 0 Å². The van der Waals surface area contributed by atoms with E-state index < -0.39 is 28.5 Å². The van der Waals surface area contributed by atoms with Gasteiger partial charge in [-0.15, -0.1) is 0 Å². The number of sulfonamides is 1. The van der Waals surface area contributed by atoms with Gasteiger partial charge in [-0.3, -0.25) is 13.9 Å². The SMILES string of the molecule is CC[C@@H](C)NC(=O)[C@H](C)N(Cc1cccc(OC)c1)C(=O)CN(c1ccc(Cl)cc1)S(=O)(=O)c1ccccc1. The van der Waals surface area contributed by atoms with Gasteiger partial charge < -0.3 is 15.0 Å². The molecule has 0 saturated heterocycles. The van der Waals surface area contributed by atoms with E-state index in [9.17, 15) is 18.0 Å². The number of amides is 2. The predicted octanol–water partition coefficient (Wildman–Crippen LogP) is 4.88. The van der Waals surface area contributed by atoms with E-state index in [1.807, 2.05) is 19.9 Å². The molecule has 8 nitrogen and oxygen atoms in total. The Morgan fingerprint density at radius 2 is 1.64 bits per heavy atom. The second kappa shape index (κ2) is 13.5. The molecule has 10 heteroatoms. The third-order valence-electron chi connectivity index (χ3n) is 6.38. The first-order valence-corrected chi connectivity index (χ1v) is 14.4. The molecule has 0 unspecified atom stereocenters. The minimum Gasteiger partial charge on any atom is -0.497 e. The molecule has 3 aromatic rings. The van der Waals surface area contributed by atoms with Gasteiger partial charge in [0.1, 0.15) is 18.3 Å². The molecule has 0 aromatic heterocycles. The van der Waals surface area contributed by atoms with Gasteiger partial charge in [0, 0.05) is 17.6 Å². The van der Waals surface area contributed by atoms with E-state index in [4.69, 9.17) is 16.3 Å². The lowest BCUT2D eigenvalue weighted by Crippen LogP contribution is -2.52. The highest BCUT2D eigenvalue weighted by Gasteiger charge is 2.32. The van der Waals surface area contributed by atoms with Gasteiger partial charge in [0.25, 0.3) is 10.0 Å². The second-order valence-corrected chi connectivity index (χ2v) is 11.5. The number of rotatable bonds is 12. The van der Waals surface area contributed by atoms with Crippen molar-refractivity contribution in [3.05, 3.63) is 89.4 Å². The maximum Gasteiger partial charge on any atom is 0.264 e. The Bertz CT molecular complexity index is 1370. The Labute approximate surface area is 235 Å². The number of ether oxygens (including phenoxy) is 1. The van der Waals surface area contributed by atoms with Crippen LogP contribution in [0, 0.1) is 0 Å². The molecule has 1 N–H and O–H groups in total. The molecule has 3 aromatic carbocycles. The molecule has 0 radical (unpaired) electrons. The molecule has 0 aliphatic rings. The van der Waals surface area contributed by atoms with Crippen LogP contribution in [-0.4, -0.2) is 50.9 Å². The lowest BCUT2D eigenvalue weighted by Gasteiger charge is -2.32. The van der Waals surface area contributed by atoms with Crippen LogP contribution in [0.15, 0.2) is 83.8 Å². The summed E-state index contributed by atoms with van der Waals surface area (Å²) in [4.78, 5) is 28.4. The molecule has 2 atom stereocenters. The largest absolute Gasteiger partial charge is 0.497 e. The summed E-state index contributed by atoms with van der Waals surface area (Å²) in [5.74, 6) is -0.269. The topological polar surface area (TPSA) is 96.0 Å². The number of hydrogen-bond acceptors (Lipinski definition) is 5. The zero-order valence-electron chi connectivity index (χ0n) is 22.5. The monoisotopic (exact) mass is 571 g/mol. The smallest absolute Gasteiger partial charge is 0.264 e. The highest BCUT2D eigenvalue weighted by atomic mass is 35.5. The maximum absolute atomic E-state index is 13.9. The fraction of sp³-hybridized carbons (Fsp3) is 0.310. The lowest BCUT2D eigenvalue weighted by atomic mass is 10.1. The van der Waals surface area contributed by atoms with Crippen molar-refractivity contribution in [3.63, 3.8) is 0 Å². The van der Waals surface area contributed by atoms with E-state index in [0.29, 0.717) is 10.8 Å². The normalized spacial score (nSPS) is 12.7. The van der Waals surface area contributed by atoms with Crippen LogP contribution in [0.1, 0.15) is 32.8 Å². The van der Waals surface area contributed by atoms with E-state index >= 15 is 0 Å². The van der Waals surface area contributed by atoms with Crippen molar-refractivity contribution in [1.82, 2.24) is 10.2 Å². The van der Waals surface area contributed by atoms with Gasteiger partial charge in [0.2, 0.25) is 11.8 Å². The summed E-state index contributed by atoms with van der Waals surface area (Å²) >= 11 is 6.05. The van der Waals surface area contributed by atoms with Crippen LogP contribution in [0.2, 0.25) is 5.02 Å². The summed E-state index contributed by atoms with van der Waals surface area (Å²) in [6.07, 6.45) is 0.724. The van der Waals surface area contributed by atoms with Gasteiger partial charge >= 0.3 is 0 Å². The number of carbonyl (C=O) groups is 2. The Balaban J connectivity index is 2.01. The third kappa shape index (κ3) is 7.74. The molecular formula is C29H34ClN3O5S. The Morgan fingerprint density at radius 3 is 2.26 bits per heavy atom. The Morgan fingerprint density at radius 1 is 0.974 bits per heavy atom. The molecule has 0 heterocycles. The van der Waals surface area contributed by atoms with Gasteiger partial charge in [-0.25, -0.2) is 8.42 Å². The van der Waals surface area contributed by atoms with Gasteiger partial charge in [-0.1, -0.05) is 48.9 Å². The summed E-state index contributed by atoms with van der Waals surface area (Å²) in [5.41, 5.74) is 1.00. The van der Waals surface area contributed by atoms with Crippen LogP contribution in [0.25, 0.3) is 0 Å². The first-order valence-electron chi connectivity index (χ1n) is 12.6. The van der Waals surface area contributed by atoms with E-state index in [-0.39, 0.29) is 29.1 Å². The molecule has 2 amide bonds. The molecule has 0 spiro atoms. The fourth-order valence-electron chi connectivity index (χ4n) is 3.87. The zero-order valence-corrected chi connectivity index (χ0v) is 24.1. The third-order valence-corrected chi connectivity index (χ3v) is 8.42. The average Bonchev–Trinajstić information content (AvgIpc) is 2.95. The predicted molar refractivity (Wildman–Crippen MR) is 153 cm³/mol. The molecule has 0 saturated carbocycles. The maximum atomic E-state index is 13.9. The highest BCUT2D eigenvalue weighted by Crippen LogP contribution is 2.26. The lowest BCUT2D eigenvalue weighted by molar-refractivity contribution is -0.139. The average molecular weight is 572 g/mol. The molecule has 39 heavy (non-hydrogen) atoms. The van der Waals surface area contributed by atoms with Crippen molar-refractivity contribution in [3.8, 4) is 5.75 Å². The quantitative estimate of drug-likeness (QED) is 0.334. The van der Waals surface area contributed by atoms with Crippen LogP contribution in [0.5, 0.6) is 5.75 Å². The number of carbonyl (C=O) groups excluding carboxylic acids is 2. The van der Waals surface area contributed by atoms with Crippen molar-refractivity contribution in [1.29, 1.82) is 0 Å². The highest BCUT2D eigenvalue weighted by molar-refractivity contribution is 7.92. The first kappa shape index (κ1) is 30.0. The summed E-state index contributed by atoms with van der Waals surface area (Å²) < 4.78 is 33.8. The molecule has 0 bridgehead atoms. The van der Waals surface area contributed by atoms with Crippen molar-refractivity contribution in [2.75, 3.05) is 18.0 Å². The van der Waals surface area contributed by atoms with Crippen LogP contribution in [0.4, 0.5) is 5.69 Å². The van der Waals surface area contributed by atoms with Gasteiger partial charge in [-0.2, -0.15) is 0 Å². The number of hydrogen-bond donors (Lipinski definition) is 1. The Kier molecular flexibility index (Phi) is 10.4. The number of anilines is 1. The number of nitrogens with zero attached hydrogens (tertiary/aromatic N) is 2. The van der Waals surface area contributed by atoms with Crippen molar-refractivity contribution in [2.24, 2.45) is 0 Å². The second-order valence-electron chi connectivity index (χ2n) is 9.17. The number of methoxy groups -OCH3 is 1. The van der Waals surface area contributed by atoms with Crippen molar-refractivity contribution >= 4 is 39.1 Å². The Hall–Kier alpha value is -3.56. The van der Waals surface area contributed by atoms with Gasteiger partial charge in [-0.05, 0) is 74.4 Å². The number of halogens is 1. The van der Waals surface area contributed by atoms with E-state index in [1.54, 1.807) is 74.7 Å². The fourth-order valence-corrected chi connectivity index (χ4v) is 5.43. The molecule has 0 aliphatic heterocycles. The molecule has 0 aliphatic carbocycles. The van der Waals surface area contributed by atoms with Crippen LogP contribution < -0.4 is 14.4 Å².